The first-order valence-corrected chi connectivity index (χ1v) is 21.6. The predicted molar refractivity (Wildman–Crippen MR) is 252 cm³/mol. The van der Waals surface area contributed by atoms with E-state index in [4.69, 9.17) is 20.0 Å². The van der Waals surface area contributed by atoms with Crippen molar-refractivity contribution in [1.29, 1.82) is 0 Å². The Morgan fingerprint density at radius 3 is 1.39 bits per heavy atom. The summed E-state index contributed by atoms with van der Waals surface area (Å²) in [5.41, 5.74) is 15.7. The summed E-state index contributed by atoms with van der Waals surface area (Å²) in [6, 6.07) is 41.4. The lowest BCUT2D eigenvalue weighted by atomic mass is 9.69. The maximum atomic E-state index is 5.23. The number of hydrogen-bond donors (Lipinski definition) is 0. The fourth-order valence-corrected chi connectivity index (χ4v) is 10.6. The Labute approximate surface area is 359 Å². The van der Waals surface area contributed by atoms with Crippen LogP contribution in [0.4, 0.5) is 0 Å². The second kappa shape index (κ2) is 12.3. The third-order valence-corrected chi connectivity index (χ3v) is 15.8. The van der Waals surface area contributed by atoms with Crippen LogP contribution in [0.5, 0.6) is 0 Å². The molecule has 0 atom stereocenters. The van der Waals surface area contributed by atoms with E-state index in [0.29, 0.717) is 0 Å². The number of likely N-dealkylation sites (N-methyl/N-ethyl adjacent to an activating group) is 2. The second-order valence-corrected chi connectivity index (χ2v) is 19.7. The lowest BCUT2D eigenvalue weighted by Crippen LogP contribution is -2.51. The lowest BCUT2D eigenvalue weighted by Gasteiger charge is -2.39. The number of amidine groups is 2. The van der Waals surface area contributed by atoms with E-state index in [1.165, 1.54) is 55.3 Å². The molecule has 302 valence electrons. The van der Waals surface area contributed by atoms with Gasteiger partial charge in [0.25, 0.3) is 0 Å². The molecule has 1 spiro atoms. The highest BCUT2D eigenvalue weighted by Crippen LogP contribution is 2.64. The summed E-state index contributed by atoms with van der Waals surface area (Å²) in [4.78, 5) is 24.6. The highest BCUT2D eigenvalue weighted by molar-refractivity contribution is 6.06. The number of hydrogen-bond acceptors (Lipinski definition) is 6. The van der Waals surface area contributed by atoms with Gasteiger partial charge in [0.15, 0.2) is 0 Å². The van der Waals surface area contributed by atoms with Crippen molar-refractivity contribution >= 4 is 22.4 Å². The maximum absolute atomic E-state index is 5.23. The van der Waals surface area contributed by atoms with Crippen LogP contribution in [-0.2, 0) is 5.41 Å². The van der Waals surface area contributed by atoms with Crippen LogP contribution in [0.3, 0.4) is 0 Å². The van der Waals surface area contributed by atoms with Gasteiger partial charge >= 0.3 is 0 Å². The van der Waals surface area contributed by atoms with Crippen LogP contribution in [-0.4, -0.2) is 67.7 Å². The zero-order valence-electron chi connectivity index (χ0n) is 36.9. The summed E-state index contributed by atoms with van der Waals surface area (Å²) >= 11 is 0. The quantitative estimate of drug-likeness (QED) is 0.178. The number of rotatable bonds is 4. The van der Waals surface area contributed by atoms with Crippen LogP contribution in [0, 0.1) is 0 Å². The van der Waals surface area contributed by atoms with E-state index in [2.05, 4.69) is 188 Å². The van der Waals surface area contributed by atoms with Crippen LogP contribution in [0.25, 0.3) is 55.3 Å². The molecule has 6 nitrogen and oxygen atoms in total. The molecule has 4 aliphatic rings. The molecule has 2 aliphatic carbocycles. The molecule has 6 heteroatoms. The van der Waals surface area contributed by atoms with Gasteiger partial charge < -0.3 is 9.80 Å². The first-order valence-electron chi connectivity index (χ1n) is 21.6. The van der Waals surface area contributed by atoms with Gasteiger partial charge in [-0.05, 0) is 146 Å². The molecule has 4 heterocycles. The van der Waals surface area contributed by atoms with E-state index < -0.39 is 5.41 Å². The topological polar surface area (TPSA) is 57.0 Å². The van der Waals surface area contributed by atoms with Crippen LogP contribution in [0.1, 0.15) is 88.8 Å². The van der Waals surface area contributed by atoms with Gasteiger partial charge in [0.1, 0.15) is 11.7 Å². The minimum absolute atomic E-state index is 0.120. The third-order valence-electron chi connectivity index (χ3n) is 15.8. The number of fused-ring (bicyclic) bond motifs is 12. The van der Waals surface area contributed by atoms with Gasteiger partial charge in [0.2, 0.25) is 0 Å². The number of nitrogens with zero attached hydrogens (tertiary/aromatic N) is 6. The van der Waals surface area contributed by atoms with Crippen molar-refractivity contribution in [3.63, 3.8) is 0 Å². The van der Waals surface area contributed by atoms with Gasteiger partial charge in [-0.2, -0.15) is 0 Å². The largest absolute Gasteiger partial charge is 0.352 e. The van der Waals surface area contributed by atoms with Crippen LogP contribution in [0.15, 0.2) is 144 Å². The number of benzene rings is 5. The van der Waals surface area contributed by atoms with Crippen molar-refractivity contribution < 1.29 is 0 Å². The van der Waals surface area contributed by atoms with Gasteiger partial charge in [0, 0.05) is 61.1 Å². The van der Waals surface area contributed by atoms with Crippen molar-refractivity contribution in [2.45, 2.75) is 83.0 Å². The van der Waals surface area contributed by atoms with Crippen LogP contribution >= 0.6 is 0 Å². The summed E-state index contributed by atoms with van der Waals surface area (Å²) in [6.45, 7) is 17.9. The van der Waals surface area contributed by atoms with Crippen molar-refractivity contribution in [2.24, 2.45) is 9.98 Å². The van der Waals surface area contributed by atoms with Gasteiger partial charge in [-0.15, -0.1) is 0 Å². The molecule has 0 saturated carbocycles. The van der Waals surface area contributed by atoms with Gasteiger partial charge in [-0.1, -0.05) is 84.9 Å². The Morgan fingerprint density at radius 2 is 0.869 bits per heavy atom. The highest BCUT2D eigenvalue weighted by atomic mass is 15.3. The molecule has 0 radical (unpaired) electrons. The molecule has 5 aromatic carbocycles. The molecule has 2 aliphatic heterocycles. The van der Waals surface area contributed by atoms with Crippen LogP contribution < -0.4 is 0 Å². The minimum Gasteiger partial charge on any atom is -0.352 e. The Morgan fingerprint density at radius 1 is 0.410 bits per heavy atom. The SMILES string of the molecule is CN1C(c2cncc(-c3ccc4c(c3)C3(c5ccccc5-c5ccccc53)c3c-4ccc4cc(-c5cncc(C6=NC(C)(C)C(C)(C)N6C)c5)ccc34)c2)=NC(C)(C)C1(C)C. The van der Waals surface area contributed by atoms with Crippen molar-refractivity contribution in [3.05, 3.63) is 167 Å². The number of aromatic nitrogens is 2. The molecule has 0 N–H and O–H groups in total. The standard InChI is InChI=1S/C55H52N6/c1-51(2)53(5,6)60(9)49(58-51)38-26-36(29-56-31-38)33-19-22-40-35(25-33)21-24-44-43-23-20-34(37-27-39(32-57-30-37)50-59-52(3,4)54(7,8)61(50)10)28-47(43)55(48(40)44)45-17-13-11-15-41(45)42-16-12-14-18-46(42)55/h11-32H,1-10H3. The zero-order valence-corrected chi connectivity index (χ0v) is 36.9. The van der Waals surface area contributed by atoms with Gasteiger partial charge in [0.05, 0.1) is 27.6 Å². The number of pyridine rings is 2. The molecule has 0 fully saturated rings. The monoisotopic (exact) mass is 796 g/mol. The molecule has 11 rings (SSSR count). The number of aliphatic imine (C=N–C) groups is 2. The Bertz CT molecular complexity index is 3040. The third kappa shape index (κ3) is 4.90. The first-order chi connectivity index (χ1) is 29.1. The summed E-state index contributed by atoms with van der Waals surface area (Å²) in [5.74, 6) is 1.96. The van der Waals surface area contributed by atoms with E-state index in [9.17, 15) is 0 Å². The minimum atomic E-state index is -0.518. The molecule has 2 aromatic heterocycles. The summed E-state index contributed by atoms with van der Waals surface area (Å²) in [6.07, 6.45) is 7.89. The maximum Gasteiger partial charge on any atom is 0.133 e. The van der Waals surface area contributed by atoms with E-state index in [-0.39, 0.29) is 22.2 Å². The average molecular weight is 797 g/mol. The van der Waals surface area contributed by atoms with Gasteiger partial charge in [-0.25, -0.2) is 0 Å². The molecule has 7 aromatic rings. The van der Waals surface area contributed by atoms with Crippen molar-refractivity contribution in [3.8, 4) is 44.5 Å². The second-order valence-electron chi connectivity index (χ2n) is 19.7. The van der Waals surface area contributed by atoms with E-state index in [0.717, 1.165) is 45.1 Å². The van der Waals surface area contributed by atoms with Gasteiger partial charge in [-0.3, -0.25) is 20.0 Å². The lowest BCUT2D eigenvalue weighted by molar-refractivity contribution is 0.186. The summed E-state index contributed by atoms with van der Waals surface area (Å²) in [5, 5.41) is 2.46. The fraction of sp³-hybridized carbons (Fsp3) is 0.273. The van der Waals surface area contributed by atoms with E-state index in [1.54, 1.807) is 0 Å². The molecule has 0 bridgehead atoms. The molecule has 0 amide bonds. The molecular formula is C55H52N6. The summed E-state index contributed by atoms with van der Waals surface area (Å²) in [7, 11) is 4.30. The molecule has 0 saturated heterocycles. The van der Waals surface area contributed by atoms with E-state index >= 15 is 0 Å². The zero-order chi connectivity index (χ0) is 42.4. The van der Waals surface area contributed by atoms with Crippen molar-refractivity contribution in [1.82, 2.24) is 19.8 Å². The predicted octanol–water partition coefficient (Wildman–Crippen LogP) is 11.8. The Balaban J connectivity index is 1.09. The molecule has 0 unspecified atom stereocenters. The molecular weight excluding hydrogens is 745 g/mol. The fourth-order valence-electron chi connectivity index (χ4n) is 10.6. The van der Waals surface area contributed by atoms with Crippen LogP contribution in [0.2, 0.25) is 0 Å². The Hall–Kier alpha value is -6.40. The summed E-state index contributed by atoms with van der Waals surface area (Å²) < 4.78 is 0. The smallest absolute Gasteiger partial charge is 0.133 e. The van der Waals surface area contributed by atoms with E-state index in [1.807, 2.05) is 24.8 Å². The van der Waals surface area contributed by atoms with Crippen molar-refractivity contribution in [2.75, 3.05) is 14.1 Å². The normalized spacial score (nSPS) is 19.1. The molecule has 61 heavy (non-hydrogen) atoms. The highest BCUT2D eigenvalue weighted by Gasteiger charge is 2.53. The average Bonchev–Trinajstić information content (AvgIpc) is 3.84. The Kier molecular flexibility index (Phi) is 7.61. The first kappa shape index (κ1) is 37.6.